The maximum atomic E-state index is 12.8. The van der Waals surface area contributed by atoms with Crippen molar-refractivity contribution >= 4 is 22.0 Å². The molecule has 0 aliphatic carbocycles. The average molecular weight is 424 g/mol. The van der Waals surface area contributed by atoms with Crippen molar-refractivity contribution in [2.45, 2.75) is 38.5 Å². The lowest BCUT2D eigenvalue weighted by Crippen LogP contribution is -2.35. The molecule has 25 heavy (non-hydrogen) atoms. The van der Waals surface area contributed by atoms with Crippen LogP contribution in [0.4, 0.5) is 18.0 Å². The number of aliphatic hydroxyl groups excluding tert-OH is 1. The van der Waals surface area contributed by atoms with E-state index in [1.54, 1.807) is 20.8 Å². The van der Waals surface area contributed by atoms with Crippen molar-refractivity contribution in [1.29, 1.82) is 0 Å². The smallest absolute Gasteiger partial charge is 0.416 e. The largest absolute Gasteiger partial charge is 0.444 e. The minimum atomic E-state index is -4.42. The number of hydrogen-bond acceptors (Lipinski definition) is 3. The average Bonchev–Trinajstić information content (AvgIpc) is 2.88. The summed E-state index contributed by atoms with van der Waals surface area (Å²) in [6.07, 6.45) is -4.91. The third-order valence-corrected chi connectivity index (χ3v) is 4.74. The van der Waals surface area contributed by atoms with Crippen molar-refractivity contribution < 1.29 is 27.8 Å². The van der Waals surface area contributed by atoms with Crippen LogP contribution >= 0.6 is 15.9 Å². The number of nitrogens with zero attached hydrogens (tertiary/aromatic N) is 1. The summed E-state index contributed by atoms with van der Waals surface area (Å²) in [6.45, 7) is 5.68. The Bertz CT molecular complexity index is 643. The van der Waals surface area contributed by atoms with Crippen LogP contribution in [0.2, 0.25) is 0 Å². The minimum Gasteiger partial charge on any atom is -0.444 e. The predicted molar refractivity (Wildman–Crippen MR) is 90.3 cm³/mol. The number of alkyl halides is 3. The molecule has 1 N–H and O–H groups in total. The standard InChI is InChI=1S/C17H21BrF3NO3/c1-16(2,3)25-15(24)22-7-10(9-23)13(8-22)12-5-4-11(6-14(12)18)17(19,20)21/h4-6,10,13,23H,7-9H2,1-3H3/t10-,13+/m1/s1. The summed E-state index contributed by atoms with van der Waals surface area (Å²) in [5.41, 5.74) is -0.748. The zero-order valence-electron chi connectivity index (χ0n) is 14.2. The van der Waals surface area contributed by atoms with Crippen LogP contribution in [0.25, 0.3) is 0 Å². The van der Waals surface area contributed by atoms with E-state index in [0.29, 0.717) is 16.6 Å². The van der Waals surface area contributed by atoms with Crippen molar-refractivity contribution in [1.82, 2.24) is 4.90 Å². The molecule has 4 nitrogen and oxygen atoms in total. The highest BCUT2D eigenvalue weighted by molar-refractivity contribution is 9.10. The van der Waals surface area contributed by atoms with Crippen LogP contribution in [-0.2, 0) is 10.9 Å². The SMILES string of the molecule is CC(C)(C)OC(=O)N1C[C@H](CO)[C@@H](c2ccc(C(F)(F)F)cc2Br)C1. The van der Waals surface area contributed by atoms with Crippen LogP contribution in [0.3, 0.4) is 0 Å². The summed E-state index contributed by atoms with van der Waals surface area (Å²) in [5, 5.41) is 9.63. The van der Waals surface area contributed by atoms with Gasteiger partial charge in [-0.05, 0) is 38.5 Å². The third-order valence-electron chi connectivity index (χ3n) is 4.05. The number of carbonyl (C=O) groups excluding carboxylic acids is 1. The molecule has 1 fully saturated rings. The molecule has 0 bridgehead atoms. The van der Waals surface area contributed by atoms with Gasteiger partial charge < -0.3 is 14.7 Å². The third kappa shape index (κ3) is 4.88. The van der Waals surface area contributed by atoms with E-state index in [-0.39, 0.29) is 25.0 Å². The van der Waals surface area contributed by atoms with E-state index in [9.17, 15) is 23.1 Å². The summed E-state index contributed by atoms with van der Waals surface area (Å²) >= 11 is 3.20. The van der Waals surface area contributed by atoms with Gasteiger partial charge >= 0.3 is 12.3 Å². The molecule has 2 rings (SSSR count). The predicted octanol–water partition coefficient (Wildman–Crippen LogP) is 4.41. The van der Waals surface area contributed by atoms with Gasteiger partial charge in [0.15, 0.2) is 0 Å². The van der Waals surface area contributed by atoms with Gasteiger partial charge in [-0.2, -0.15) is 13.2 Å². The molecule has 8 heteroatoms. The maximum absolute atomic E-state index is 12.8. The number of hydrogen-bond donors (Lipinski definition) is 1. The molecule has 1 aliphatic heterocycles. The number of halogens is 4. The molecule has 0 saturated carbocycles. The normalized spacial score (nSPS) is 21.5. The van der Waals surface area contributed by atoms with E-state index in [1.165, 1.54) is 11.0 Å². The molecule has 1 amide bonds. The van der Waals surface area contributed by atoms with E-state index in [2.05, 4.69) is 15.9 Å². The van der Waals surface area contributed by atoms with E-state index in [4.69, 9.17) is 4.74 Å². The lowest BCUT2D eigenvalue weighted by molar-refractivity contribution is -0.137. The van der Waals surface area contributed by atoms with Crippen LogP contribution in [0.1, 0.15) is 37.8 Å². The summed E-state index contributed by atoms with van der Waals surface area (Å²) in [5.74, 6) is -0.533. The first-order valence-corrected chi connectivity index (χ1v) is 8.67. The minimum absolute atomic E-state index is 0.169. The van der Waals surface area contributed by atoms with Crippen molar-refractivity contribution in [2.75, 3.05) is 19.7 Å². The van der Waals surface area contributed by atoms with Crippen LogP contribution < -0.4 is 0 Å². The van der Waals surface area contributed by atoms with Gasteiger partial charge in [-0.25, -0.2) is 4.79 Å². The molecule has 0 unspecified atom stereocenters. The van der Waals surface area contributed by atoms with Crippen molar-refractivity contribution in [3.63, 3.8) is 0 Å². The van der Waals surface area contributed by atoms with Crippen LogP contribution in [0.5, 0.6) is 0 Å². The number of aliphatic hydroxyl groups is 1. The summed E-state index contributed by atoms with van der Waals surface area (Å²) in [7, 11) is 0. The van der Waals surface area contributed by atoms with Gasteiger partial charge in [-0.15, -0.1) is 0 Å². The van der Waals surface area contributed by atoms with E-state index in [0.717, 1.165) is 12.1 Å². The maximum Gasteiger partial charge on any atom is 0.416 e. The molecule has 140 valence electrons. The number of amides is 1. The highest BCUT2D eigenvalue weighted by Crippen LogP contribution is 2.39. The lowest BCUT2D eigenvalue weighted by Gasteiger charge is -2.24. The van der Waals surface area contributed by atoms with E-state index < -0.39 is 23.4 Å². The fourth-order valence-corrected chi connectivity index (χ4v) is 3.56. The van der Waals surface area contributed by atoms with Crippen LogP contribution in [0, 0.1) is 5.92 Å². The highest BCUT2D eigenvalue weighted by atomic mass is 79.9. The molecule has 0 aromatic heterocycles. The van der Waals surface area contributed by atoms with Gasteiger partial charge in [0.05, 0.1) is 5.56 Å². The zero-order chi connectivity index (χ0) is 19.0. The Balaban J connectivity index is 2.22. The van der Waals surface area contributed by atoms with Crippen molar-refractivity contribution in [3.05, 3.63) is 33.8 Å². The Labute approximate surface area is 153 Å². The van der Waals surface area contributed by atoms with Crippen LogP contribution in [0.15, 0.2) is 22.7 Å². The Hall–Kier alpha value is -1.28. The van der Waals surface area contributed by atoms with Gasteiger partial charge in [0.2, 0.25) is 0 Å². The number of benzene rings is 1. The first-order valence-electron chi connectivity index (χ1n) is 7.88. The molecule has 1 aliphatic rings. The molecular weight excluding hydrogens is 403 g/mol. The number of carbonyl (C=O) groups is 1. The zero-order valence-corrected chi connectivity index (χ0v) is 15.8. The Morgan fingerprint density at radius 1 is 1.32 bits per heavy atom. The number of ether oxygens (including phenoxy) is 1. The highest BCUT2D eigenvalue weighted by Gasteiger charge is 2.39. The van der Waals surface area contributed by atoms with Gasteiger partial charge in [0, 0.05) is 36.0 Å². The monoisotopic (exact) mass is 423 g/mol. The number of likely N-dealkylation sites (tertiary alicyclic amines) is 1. The molecular formula is C17H21BrF3NO3. The molecule has 0 radical (unpaired) electrons. The second kappa shape index (κ2) is 7.15. The fourth-order valence-electron chi connectivity index (χ4n) is 2.89. The second-order valence-electron chi connectivity index (χ2n) is 7.17. The summed E-state index contributed by atoms with van der Waals surface area (Å²) < 4.78 is 44.1. The lowest BCUT2D eigenvalue weighted by atomic mass is 9.89. The molecule has 2 atom stereocenters. The van der Waals surface area contributed by atoms with Gasteiger partial charge in [0.1, 0.15) is 5.60 Å². The number of rotatable bonds is 2. The van der Waals surface area contributed by atoms with Gasteiger partial charge in [-0.1, -0.05) is 22.0 Å². The van der Waals surface area contributed by atoms with Crippen molar-refractivity contribution in [3.8, 4) is 0 Å². The first-order chi connectivity index (χ1) is 11.4. The Morgan fingerprint density at radius 2 is 1.96 bits per heavy atom. The van der Waals surface area contributed by atoms with Crippen LogP contribution in [-0.4, -0.2) is 41.4 Å². The Kier molecular flexibility index (Phi) is 5.73. The van der Waals surface area contributed by atoms with E-state index >= 15 is 0 Å². The first kappa shape index (κ1) is 20.0. The molecule has 1 aromatic rings. The second-order valence-corrected chi connectivity index (χ2v) is 8.02. The quantitative estimate of drug-likeness (QED) is 0.766. The Morgan fingerprint density at radius 3 is 2.44 bits per heavy atom. The van der Waals surface area contributed by atoms with Crippen molar-refractivity contribution in [2.24, 2.45) is 5.92 Å². The molecule has 1 saturated heterocycles. The summed E-state index contributed by atoms with van der Waals surface area (Å²) in [4.78, 5) is 13.7. The molecule has 0 spiro atoms. The van der Waals surface area contributed by atoms with Gasteiger partial charge in [-0.3, -0.25) is 0 Å². The fraction of sp³-hybridized carbons (Fsp3) is 0.588. The summed E-state index contributed by atoms with van der Waals surface area (Å²) in [6, 6.07) is 3.45. The van der Waals surface area contributed by atoms with E-state index in [1.807, 2.05) is 0 Å². The topological polar surface area (TPSA) is 49.8 Å². The van der Waals surface area contributed by atoms with Gasteiger partial charge in [0.25, 0.3) is 0 Å². The molecule has 1 heterocycles. The molecule has 1 aromatic carbocycles.